The molecule has 0 radical (unpaired) electrons. The maximum absolute atomic E-state index is 9.77. The molecule has 0 aliphatic carbocycles. The molecular formula is C56H34S. The van der Waals surface area contributed by atoms with Gasteiger partial charge in [0.25, 0.3) is 0 Å². The fraction of sp³-hybridized carbons (Fsp3) is 0. The van der Waals surface area contributed by atoms with Gasteiger partial charge in [-0.25, -0.2) is 0 Å². The summed E-state index contributed by atoms with van der Waals surface area (Å²) < 4.78 is 119. The fourth-order valence-electron chi connectivity index (χ4n) is 8.68. The molecule has 264 valence electrons. The molecule has 0 unspecified atom stereocenters. The van der Waals surface area contributed by atoms with Gasteiger partial charge in [-0.1, -0.05) is 182 Å². The van der Waals surface area contributed by atoms with Crippen molar-refractivity contribution in [1.29, 1.82) is 0 Å². The smallest absolute Gasteiger partial charge is 0.0629 e. The van der Waals surface area contributed by atoms with E-state index in [1.807, 2.05) is 72.8 Å². The third-order valence-electron chi connectivity index (χ3n) is 11.1. The largest absolute Gasteiger partial charge is 0.135 e. The molecule has 0 fully saturated rings. The second-order valence-corrected chi connectivity index (χ2v) is 15.2. The van der Waals surface area contributed by atoms with Crippen LogP contribution in [-0.4, -0.2) is 0 Å². The zero-order valence-corrected chi connectivity index (χ0v) is 30.8. The molecule has 1 heterocycles. The van der Waals surface area contributed by atoms with Crippen LogP contribution < -0.4 is 0 Å². The van der Waals surface area contributed by atoms with E-state index in [9.17, 15) is 5.48 Å². The van der Waals surface area contributed by atoms with Gasteiger partial charge in [0, 0.05) is 20.5 Å². The molecule has 1 heteroatoms. The average Bonchev–Trinajstić information content (AvgIpc) is 3.77. The second kappa shape index (κ2) is 12.7. The first-order valence-corrected chi connectivity index (χ1v) is 19.4. The number of benzene rings is 11. The molecule has 11 aromatic carbocycles. The first-order valence-electron chi connectivity index (χ1n) is 25.1. The highest BCUT2D eigenvalue weighted by atomic mass is 32.1. The summed E-state index contributed by atoms with van der Waals surface area (Å²) in [6, 6.07) is 34.9. The highest BCUT2D eigenvalue weighted by Gasteiger charge is 2.23. The molecule has 57 heavy (non-hydrogen) atoms. The van der Waals surface area contributed by atoms with Crippen LogP contribution in [0.5, 0.6) is 0 Å². The van der Waals surface area contributed by atoms with Crippen LogP contribution in [0.1, 0.15) is 17.8 Å². The molecule has 0 nitrogen and oxygen atoms in total. The lowest BCUT2D eigenvalue weighted by atomic mass is 9.84. The Morgan fingerprint density at radius 3 is 1.61 bits per heavy atom. The third kappa shape index (κ3) is 4.99. The number of fused-ring (bicyclic) bond motifs is 9. The van der Waals surface area contributed by atoms with Gasteiger partial charge in [-0.05, 0) is 122 Å². The van der Waals surface area contributed by atoms with Gasteiger partial charge in [0.2, 0.25) is 0 Å². The predicted octanol–water partition coefficient (Wildman–Crippen LogP) is 16.5. The van der Waals surface area contributed by atoms with Crippen molar-refractivity contribution in [3.8, 4) is 43.8 Å². The minimum atomic E-state index is -0.518. The summed E-state index contributed by atoms with van der Waals surface area (Å²) in [7, 11) is 0. The molecule has 0 saturated heterocycles. The molecule has 12 aromatic rings. The SMILES string of the molecule is [2H]c1c([2H])c([2H])c(-c2cc3cc(-c4c5c([2H])c([2H])c([2H])c([2H])c5c(-c5c(-c6ccc7c(ccc8ccccc87)c6)sc6ccccc56)c5c([2H])c([2H])c([2H])c([2H])c45)ccc3c3ccccc23)c([2H])c1[2H]. The van der Waals surface area contributed by atoms with Crippen molar-refractivity contribution in [1.82, 2.24) is 0 Å². The Morgan fingerprint density at radius 1 is 0.316 bits per heavy atom. The average molecular weight is 752 g/mol. The lowest BCUT2D eigenvalue weighted by Gasteiger charge is -2.19. The van der Waals surface area contributed by atoms with E-state index in [-0.39, 0.29) is 62.4 Å². The van der Waals surface area contributed by atoms with Crippen molar-refractivity contribution in [2.24, 2.45) is 0 Å². The van der Waals surface area contributed by atoms with E-state index >= 15 is 0 Å². The van der Waals surface area contributed by atoms with E-state index in [1.54, 1.807) is 18.2 Å². The summed E-state index contributed by atoms with van der Waals surface area (Å²) in [5, 5.41) is 7.94. The van der Waals surface area contributed by atoms with Crippen LogP contribution in [-0.2, 0) is 0 Å². The summed E-state index contributed by atoms with van der Waals surface area (Å²) in [5.74, 6) is 0. The van der Waals surface area contributed by atoms with E-state index in [1.165, 1.54) is 11.3 Å². The maximum atomic E-state index is 9.77. The lowest BCUT2D eigenvalue weighted by Crippen LogP contribution is -1.92. The molecular weight excluding hydrogens is 705 g/mol. The first-order chi connectivity index (χ1) is 33.7. The van der Waals surface area contributed by atoms with Crippen molar-refractivity contribution in [3.05, 3.63) is 206 Å². The number of rotatable bonds is 4. The van der Waals surface area contributed by atoms with E-state index in [4.69, 9.17) is 12.3 Å². The van der Waals surface area contributed by atoms with Gasteiger partial charge < -0.3 is 0 Å². The second-order valence-electron chi connectivity index (χ2n) is 14.2. The molecule has 0 bridgehead atoms. The normalized spacial score (nSPS) is 15.1. The summed E-state index contributed by atoms with van der Waals surface area (Å²) in [6.45, 7) is 0. The minimum absolute atomic E-state index is 0.0107. The molecule has 0 saturated carbocycles. The number of hydrogen-bond acceptors (Lipinski definition) is 1. The molecule has 0 atom stereocenters. The highest BCUT2D eigenvalue weighted by molar-refractivity contribution is 7.23. The molecule has 0 amide bonds. The highest BCUT2D eigenvalue weighted by Crippen LogP contribution is 2.52. The van der Waals surface area contributed by atoms with Gasteiger partial charge in [-0.2, -0.15) is 0 Å². The van der Waals surface area contributed by atoms with Crippen LogP contribution in [0.4, 0.5) is 0 Å². The monoisotopic (exact) mass is 751 g/mol. The first kappa shape index (κ1) is 21.9. The van der Waals surface area contributed by atoms with Crippen molar-refractivity contribution >= 4 is 86.1 Å². The van der Waals surface area contributed by atoms with Crippen LogP contribution >= 0.6 is 11.3 Å². The van der Waals surface area contributed by atoms with Crippen molar-refractivity contribution in [2.75, 3.05) is 0 Å². The van der Waals surface area contributed by atoms with Crippen LogP contribution in [0.3, 0.4) is 0 Å². The Kier molecular flexibility index (Phi) is 4.89. The molecule has 0 N–H and O–H groups in total. The van der Waals surface area contributed by atoms with E-state index < -0.39 is 54.4 Å². The minimum Gasteiger partial charge on any atom is -0.135 e. The maximum Gasteiger partial charge on any atom is 0.0629 e. The summed E-state index contributed by atoms with van der Waals surface area (Å²) in [5.41, 5.74) is 2.60. The Morgan fingerprint density at radius 2 is 0.860 bits per heavy atom. The van der Waals surface area contributed by atoms with Gasteiger partial charge in [0.05, 0.1) is 17.8 Å². The van der Waals surface area contributed by atoms with Gasteiger partial charge in [0.1, 0.15) is 0 Å². The molecule has 1 aromatic heterocycles. The Balaban J connectivity index is 1.24. The topological polar surface area (TPSA) is 0 Å². The van der Waals surface area contributed by atoms with E-state index in [0.717, 1.165) is 52.8 Å². The molecule has 0 aliphatic heterocycles. The lowest BCUT2D eigenvalue weighted by molar-refractivity contribution is 1.66. The standard InChI is InChI=1S/C56H34S/c1-2-14-35(15-3-1)51-34-40-33-38(28-30-43(40)44-18-6-7-19-45(44)51)53-46-20-8-10-22-48(46)54(49-23-11-9-21-47(49)53)55-50-24-12-13-25-52(50)57-56(55)39-29-31-42-37(32-39)27-26-36-16-4-5-17-41(36)42/h1-34H/i1D,2D,3D,8D,9D,10D,11D,14D,15D,20D,21D,22D,23D. The van der Waals surface area contributed by atoms with Gasteiger partial charge in [-0.15, -0.1) is 11.3 Å². The van der Waals surface area contributed by atoms with Gasteiger partial charge >= 0.3 is 0 Å². The Hall–Kier alpha value is -7.06. The molecule has 0 aliphatic rings. The van der Waals surface area contributed by atoms with Gasteiger partial charge in [0.15, 0.2) is 0 Å². The number of hydrogen-bond donors (Lipinski definition) is 0. The van der Waals surface area contributed by atoms with Crippen molar-refractivity contribution in [2.45, 2.75) is 0 Å². The van der Waals surface area contributed by atoms with E-state index in [0.29, 0.717) is 27.5 Å². The van der Waals surface area contributed by atoms with E-state index in [2.05, 4.69) is 36.4 Å². The Bertz CT molecular complexity index is 4240. The quantitative estimate of drug-likeness (QED) is 0.124. The summed E-state index contributed by atoms with van der Waals surface area (Å²) in [4.78, 5) is 0.754. The van der Waals surface area contributed by atoms with Gasteiger partial charge in [-0.3, -0.25) is 0 Å². The molecule has 0 spiro atoms. The zero-order chi connectivity index (χ0) is 48.8. The fourth-order valence-corrected chi connectivity index (χ4v) is 9.88. The van der Waals surface area contributed by atoms with Crippen LogP contribution in [0.15, 0.2) is 206 Å². The molecule has 12 rings (SSSR count). The number of thiophene rings is 1. The summed E-state index contributed by atoms with van der Waals surface area (Å²) in [6.07, 6.45) is 0. The van der Waals surface area contributed by atoms with Crippen LogP contribution in [0.2, 0.25) is 0 Å². The zero-order valence-electron chi connectivity index (χ0n) is 43.0. The Labute approximate surface area is 352 Å². The van der Waals surface area contributed by atoms with Crippen molar-refractivity contribution < 1.29 is 17.8 Å². The van der Waals surface area contributed by atoms with Crippen LogP contribution in [0.25, 0.3) is 119 Å². The van der Waals surface area contributed by atoms with Crippen molar-refractivity contribution in [3.63, 3.8) is 0 Å². The third-order valence-corrected chi connectivity index (χ3v) is 12.4. The predicted molar refractivity (Wildman–Crippen MR) is 249 cm³/mol. The summed E-state index contributed by atoms with van der Waals surface area (Å²) >= 11 is 1.50. The van der Waals surface area contributed by atoms with Crippen LogP contribution in [0, 0.1) is 0 Å².